The Morgan fingerprint density at radius 1 is 1.28 bits per heavy atom. The second kappa shape index (κ2) is 6.09. The van der Waals surface area contributed by atoms with Gasteiger partial charge >= 0.3 is 12.0 Å². The number of hydrogen-bond acceptors (Lipinski definition) is 3. The van der Waals surface area contributed by atoms with Gasteiger partial charge in [0.25, 0.3) is 0 Å². The van der Waals surface area contributed by atoms with Gasteiger partial charge in [-0.25, -0.2) is 4.79 Å². The van der Waals surface area contributed by atoms with Gasteiger partial charge in [-0.15, -0.1) is 0 Å². The molecule has 0 aromatic heterocycles. The van der Waals surface area contributed by atoms with Gasteiger partial charge in [0.05, 0.1) is 0 Å². The largest absolute Gasteiger partial charge is 0.455 e. The third-order valence-electron chi connectivity index (χ3n) is 2.09. The van der Waals surface area contributed by atoms with Gasteiger partial charge in [-0.05, 0) is 5.56 Å². The minimum atomic E-state index is -4.00. The molecule has 1 aromatic carbocycles. The molecule has 0 saturated carbocycles. The van der Waals surface area contributed by atoms with E-state index in [0.717, 1.165) is 0 Å². The van der Waals surface area contributed by atoms with E-state index < -0.39 is 17.9 Å². The van der Waals surface area contributed by atoms with Crippen molar-refractivity contribution in [2.75, 3.05) is 0 Å². The summed E-state index contributed by atoms with van der Waals surface area (Å²) in [5.74, 6) is -2.69. The van der Waals surface area contributed by atoms with Crippen molar-refractivity contribution in [3.05, 3.63) is 35.9 Å². The van der Waals surface area contributed by atoms with Gasteiger partial charge in [-0.1, -0.05) is 37.3 Å². The van der Waals surface area contributed by atoms with Crippen LogP contribution in [0.4, 0.5) is 8.78 Å². The summed E-state index contributed by atoms with van der Waals surface area (Å²) in [4.78, 5) is 21.9. The average molecular weight is 257 g/mol. The quantitative estimate of drug-likeness (QED) is 0.647. The van der Waals surface area contributed by atoms with E-state index in [1.54, 1.807) is 30.3 Å². The highest BCUT2D eigenvalue weighted by Crippen LogP contribution is 2.13. The summed E-state index contributed by atoms with van der Waals surface area (Å²) in [6, 6.07) is 4.41. The van der Waals surface area contributed by atoms with Crippen LogP contribution in [0.5, 0.6) is 0 Å². The molecule has 0 bridgehead atoms. The number of carbonyl (C=O) groups excluding carboxylic acids is 2. The molecule has 98 valence electrons. The van der Waals surface area contributed by atoms with Crippen LogP contribution in [0.2, 0.25) is 0 Å². The van der Waals surface area contributed by atoms with Crippen molar-refractivity contribution in [3.63, 3.8) is 0 Å². The number of alkyl halides is 2. The number of benzene rings is 1. The fourth-order valence-corrected chi connectivity index (χ4v) is 1.13. The minimum Gasteiger partial charge on any atom is -0.455 e. The Morgan fingerprint density at radius 3 is 2.44 bits per heavy atom. The predicted octanol–water partition coefficient (Wildman–Crippen LogP) is 1.85. The van der Waals surface area contributed by atoms with E-state index in [4.69, 9.17) is 0 Å². The van der Waals surface area contributed by atoms with Crippen LogP contribution in [0.1, 0.15) is 18.9 Å². The number of ether oxygens (including phenoxy) is 1. The van der Waals surface area contributed by atoms with Crippen LogP contribution in [0.15, 0.2) is 30.3 Å². The molecule has 18 heavy (non-hydrogen) atoms. The van der Waals surface area contributed by atoms with Crippen LogP contribution in [-0.2, 0) is 20.9 Å². The van der Waals surface area contributed by atoms with Crippen molar-refractivity contribution in [2.24, 2.45) is 0 Å². The lowest BCUT2D eigenvalue weighted by Gasteiger charge is -2.15. The average Bonchev–Trinajstić information content (AvgIpc) is 2.36. The van der Waals surface area contributed by atoms with Crippen LogP contribution in [0.25, 0.3) is 0 Å². The number of amides is 1. The maximum Gasteiger partial charge on any atom is 0.422 e. The van der Waals surface area contributed by atoms with Gasteiger partial charge in [0.15, 0.2) is 0 Å². The van der Waals surface area contributed by atoms with Crippen molar-refractivity contribution >= 4 is 11.9 Å². The van der Waals surface area contributed by atoms with E-state index in [-0.39, 0.29) is 13.0 Å². The van der Waals surface area contributed by atoms with E-state index in [0.29, 0.717) is 5.56 Å². The highest BCUT2D eigenvalue weighted by atomic mass is 19.3. The van der Waals surface area contributed by atoms with Crippen LogP contribution >= 0.6 is 0 Å². The van der Waals surface area contributed by atoms with E-state index in [9.17, 15) is 18.4 Å². The second-order valence-electron chi connectivity index (χ2n) is 3.54. The Balaban J connectivity index is 2.52. The summed E-state index contributed by atoms with van der Waals surface area (Å²) in [7, 11) is 0. The number of halogens is 2. The molecule has 0 fully saturated rings. The fraction of sp³-hybridized carbons (Fsp3) is 0.333. The van der Waals surface area contributed by atoms with E-state index in [1.165, 1.54) is 12.2 Å². The number of nitrogens with one attached hydrogen (secondary N) is 1. The number of rotatable bonds is 5. The van der Waals surface area contributed by atoms with Crippen molar-refractivity contribution in [1.82, 2.24) is 5.32 Å². The summed E-state index contributed by atoms with van der Waals surface area (Å²) in [6.07, 6.45) is -0.137. The Labute approximate surface area is 103 Å². The predicted molar refractivity (Wildman–Crippen MR) is 59.6 cm³/mol. The normalized spacial score (nSPS) is 10.8. The molecule has 1 amide bonds. The van der Waals surface area contributed by atoms with Crippen molar-refractivity contribution in [2.45, 2.75) is 26.0 Å². The first-order valence-electron chi connectivity index (χ1n) is 5.35. The molecule has 0 spiro atoms. The zero-order valence-electron chi connectivity index (χ0n) is 9.78. The molecule has 1 rings (SSSR count). The number of hydrogen-bond donors (Lipinski definition) is 1. The lowest BCUT2D eigenvalue weighted by molar-refractivity contribution is -0.180. The molecule has 0 unspecified atom stereocenters. The lowest BCUT2D eigenvalue weighted by atomic mass is 10.2. The van der Waals surface area contributed by atoms with E-state index in [2.05, 4.69) is 4.74 Å². The molecule has 0 saturated heterocycles. The van der Waals surface area contributed by atoms with Crippen LogP contribution in [-0.4, -0.2) is 17.9 Å². The summed E-state index contributed by atoms with van der Waals surface area (Å²) >= 11 is 0. The molecule has 1 N–H and O–H groups in total. The molecule has 4 nitrogen and oxygen atoms in total. The summed E-state index contributed by atoms with van der Waals surface area (Å²) in [6.45, 7) is 1.14. The second-order valence-corrected chi connectivity index (χ2v) is 3.54. The summed E-state index contributed by atoms with van der Waals surface area (Å²) < 4.78 is 30.7. The van der Waals surface area contributed by atoms with Crippen LogP contribution in [0.3, 0.4) is 0 Å². The van der Waals surface area contributed by atoms with Gasteiger partial charge in [0.1, 0.15) is 6.61 Å². The minimum absolute atomic E-state index is 0.137. The Morgan fingerprint density at radius 2 is 1.89 bits per heavy atom. The fourth-order valence-electron chi connectivity index (χ4n) is 1.13. The maximum absolute atomic E-state index is 13.2. The molecule has 0 radical (unpaired) electrons. The number of carbonyl (C=O) groups is 2. The summed E-state index contributed by atoms with van der Waals surface area (Å²) in [5.41, 5.74) is 0.587. The molecule has 0 aliphatic carbocycles. The maximum atomic E-state index is 13.2. The zero-order chi connectivity index (χ0) is 13.6. The highest BCUT2D eigenvalue weighted by molar-refractivity contribution is 5.85. The smallest absolute Gasteiger partial charge is 0.422 e. The molecule has 0 aliphatic rings. The van der Waals surface area contributed by atoms with E-state index in [1.807, 2.05) is 0 Å². The summed E-state index contributed by atoms with van der Waals surface area (Å²) in [5, 5.41) is 1.30. The molecule has 0 atom stereocenters. The van der Waals surface area contributed by atoms with Gasteiger partial charge in [-0.2, -0.15) is 8.78 Å². The highest BCUT2D eigenvalue weighted by Gasteiger charge is 2.42. The third-order valence-corrected chi connectivity index (χ3v) is 2.09. The first-order chi connectivity index (χ1) is 8.45. The van der Waals surface area contributed by atoms with Gasteiger partial charge < -0.3 is 4.74 Å². The Bertz CT molecular complexity index is 421. The lowest BCUT2D eigenvalue weighted by Crippen LogP contribution is -2.48. The van der Waals surface area contributed by atoms with Gasteiger partial charge in [0.2, 0.25) is 5.91 Å². The van der Waals surface area contributed by atoms with Crippen molar-refractivity contribution in [1.29, 1.82) is 0 Å². The Hall–Kier alpha value is -1.98. The van der Waals surface area contributed by atoms with Crippen LogP contribution < -0.4 is 5.32 Å². The molecule has 1 aromatic rings. The van der Waals surface area contributed by atoms with Crippen molar-refractivity contribution < 1.29 is 23.1 Å². The molecular formula is C12H13F2NO3. The van der Waals surface area contributed by atoms with Gasteiger partial charge in [-0.3, -0.25) is 10.1 Å². The third kappa shape index (κ3) is 4.12. The van der Waals surface area contributed by atoms with Gasteiger partial charge in [0, 0.05) is 6.42 Å². The SMILES string of the molecule is CCC(=O)NC(F)(F)C(=O)OCc1ccccc1. The standard InChI is InChI=1S/C12H13F2NO3/c1-2-10(16)15-12(13,14)11(17)18-8-9-6-4-3-5-7-9/h3-7H,2,8H2,1H3,(H,15,16). The van der Waals surface area contributed by atoms with E-state index >= 15 is 0 Å². The van der Waals surface area contributed by atoms with Crippen molar-refractivity contribution in [3.8, 4) is 0 Å². The first-order valence-corrected chi connectivity index (χ1v) is 5.35. The van der Waals surface area contributed by atoms with Crippen LogP contribution in [0, 0.1) is 0 Å². The molecule has 0 heterocycles. The topological polar surface area (TPSA) is 55.4 Å². The number of esters is 1. The molecule has 6 heteroatoms. The molecular weight excluding hydrogens is 244 g/mol. The zero-order valence-corrected chi connectivity index (χ0v) is 9.78. The first kappa shape index (κ1) is 14.1. The molecule has 0 aliphatic heterocycles. The Kier molecular flexibility index (Phi) is 4.76. The monoisotopic (exact) mass is 257 g/mol.